The smallest absolute Gasteiger partial charge is 0.420 e. The number of benzene rings is 2. The topological polar surface area (TPSA) is 129 Å². The number of rotatable bonds is 6. The number of oxazole rings is 1. The highest BCUT2D eigenvalue weighted by Gasteiger charge is 2.29. The van der Waals surface area contributed by atoms with E-state index >= 15 is 0 Å². The Morgan fingerprint density at radius 2 is 2.00 bits per heavy atom. The molecule has 1 N–H and O–H groups in total. The first-order valence-electron chi connectivity index (χ1n) is 9.19. The first kappa shape index (κ1) is 19.5. The minimum atomic E-state index is -3.93. The molecule has 0 fully saturated rings. The lowest BCUT2D eigenvalue weighted by molar-refractivity contribution is 0.325. The fourth-order valence-electron chi connectivity index (χ4n) is 3.37. The molecule has 1 atom stereocenters. The van der Waals surface area contributed by atoms with Crippen molar-refractivity contribution < 1.29 is 17.6 Å². The molecule has 2 aromatic carbocycles. The number of sulfonamides is 1. The predicted octanol–water partition coefficient (Wildman–Crippen LogP) is 2.26. The fourth-order valence-corrected chi connectivity index (χ4v) is 5.05. The lowest BCUT2D eigenvalue weighted by Crippen LogP contribution is -2.28. The van der Waals surface area contributed by atoms with Crippen LogP contribution in [0, 0.1) is 0 Å². The monoisotopic (exact) mass is 457 g/mol. The molecule has 4 aromatic rings. The maximum absolute atomic E-state index is 12.8. The number of anilines is 1. The third-order valence-electron chi connectivity index (χ3n) is 4.69. The third-order valence-corrected chi connectivity index (χ3v) is 6.74. The van der Waals surface area contributed by atoms with Gasteiger partial charge in [-0.1, -0.05) is 30.3 Å². The van der Waals surface area contributed by atoms with Crippen molar-refractivity contribution in [3.63, 3.8) is 0 Å². The van der Waals surface area contributed by atoms with Crippen LogP contribution in [0.4, 0.5) is 5.13 Å². The van der Waals surface area contributed by atoms with Crippen molar-refractivity contribution in [1.29, 1.82) is 0 Å². The molecule has 2 aromatic heterocycles. The quantitative estimate of drug-likeness (QED) is 0.470. The molecule has 158 valence electrons. The van der Waals surface area contributed by atoms with Crippen LogP contribution in [0.5, 0.6) is 0 Å². The van der Waals surface area contributed by atoms with Gasteiger partial charge >= 0.3 is 5.76 Å². The average Bonchev–Trinajstić information content (AvgIpc) is 3.51. The van der Waals surface area contributed by atoms with E-state index in [9.17, 15) is 13.2 Å². The number of aromatic nitrogens is 3. The van der Waals surface area contributed by atoms with E-state index in [-0.39, 0.29) is 15.6 Å². The maximum Gasteiger partial charge on any atom is 0.420 e. The van der Waals surface area contributed by atoms with Crippen molar-refractivity contribution in [3.05, 3.63) is 71.0 Å². The Morgan fingerprint density at radius 1 is 1.16 bits per heavy atom. The van der Waals surface area contributed by atoms with Crippen LogP contribution in [0.15, 0.2) is 74.0 Å². The molecule has 10 nitrogen and oxygen atoms in total. The SMILES string of the molecule is O=c1oc2cc(S(=O)(=O)Nc3ncns3)ccc2n1C(C1=NCCO1)c1ccccc1. The van der Waals surface area contributed by atoms with Crippen LogP contribution in [0.3, 0.4) is 0 Å². The first-order chi connectivity index (χ1) is 15.0. The van der Waals surface area contributed by atoms with E-state index in [2.05, 4.69) is 19.1 Å². The van der Waals surface area contributed by atoms with Gasteiger partial charge in [0.05, 0.1) is 17.0 Å². The van der Waals surface area contributed by atoms with Crippen LogP contribution in [0.1, 0.15) is 11.6 Å². The highest BCUT2D eigenvalue weighted by molar-refractivity contribution is 7.93. The van der Waals surface area contributed by atoms with Gasteiger partial charge in [0, 0.05) is 17.6 Å². The van der Waals surface area contributed by atoms with E-state index in [1.54, 1.807) is 0 Å². The van der Waals surface area contributed by atoms with Crippen molar-refractivity contribution in [2.24, 2.45) is 4.99 Å². The minimum absolute atomic E-state index is 0.0678. The summed E-state index contributed by atoms with van der Waals surface area (Å²) in [5, 5.41) is 0.139. The zero-order valence-electron chi connectivity index (χ0n) is 15.8. The van der Waals surface area contributed by atoms with Crippen molar-refractivity contribution in [1.82, 2.24) is 13.9 Å². The summed E-state index contributed by atoms with van der Waals surface area (Å²) in [7, 11) is -3.93. The summed E-state index contributed by atoms with van der Waals surface area (Å²) in [5.41, 5.74) is 1.35. The Labute approximate surface area is 180 Å². The number of aliphatic imine (C=N–C) groups is 1. The molecule has 0 saturated heterocycles. The summed E-state index contributed by atoms with van der Waals surface area (Å²) in [6, 6.07) is 12.9. The van der Waals surface area contributed by atoms with Crippen LogP contribution in [0.25, 0.3) is 11.1 Å². The molecule has 0 aliphatic carbocycles. The molecule has 12 heteroatoms. The summed E-state index contributed by atoms with van der Waals surface area (Å²) >= 11 is 0.914. The standard InChI is InChI=1S/C19H15N5O5S2/c25-19-24(16(17-20-8-9-28-17)12-4-2-1-3-5-12)14-7-6-13(10-15(14)29-19)31(26,27)23-18-21-11-22-30-18/h1-7,10-11,16H,8-9H2,(H,21,22,23). The molecule has 0 bridgehead atoms. The number of hydrogen-bond acceptors (Lipinski definition) is 9. The molecule has 1 unspecified atom stereocenters. The lowest BCUT2D eigenvalue weighted by atomic mass is 10.1. The number of nitrogens with one attached hydrogen (secondary N) is 1. The molecular weight excluding hydrogens is 442 g/mol. The fraction of sp³-hybridized carbons (Fsp3) is 0.158. The Bertz CT molecular complexity index is 1430. The average molecular weight is 457 g/mol. The molecular formula is C19H15N5O5S2. The summed E-state index contributed by atoms with van der Waals surface area (Å²) in [4.78, 5) is 21.0. The summed E-state index contributed by atoms with van der Waals surface area (Å²) in [5.74, 6) is -0.237. The van der Waals surface area contributed by atoms with Crippen LogP contribution in [0.2, 0.25) is 0 Å². The van der Waals surface area contributed by atoms with E-state index < -0.39 is 21.8 Å². The largest absolute Gasteiger partial charge is 0.477 e. The van der Waals surface area contributed by atoms with E-state index in [1.165, 1.54) is 29.1 Å². The number of fused-ring (bicyclic) bond motifs is 1. The van der Waals surface area contributed by atoms with E-state index in [1.807, 2.05) is 30.3 Å². The van der Waals surface area contributed by atoms with Crippen molar-refractivity contribution in [3.8, 4) is 0 Å². The highest BCUT2D eigenvalue weighted by Crippen LogP contribution is 2.28. The molecule has 5 rings (SSSR count). The first-order valence-corrected chi connectivity index (χ1v) is 11.5. The zero-order valence-corrected chi connectivity index (χ0v) is 17.5. The van der Waals surface area contributed by atoms with Gasteiger partial charge in [0.15, 0.2) is 5.58 Å². The van der Waals surface area contributed by atoms with Gasteiger partial charge in [-0.05, 0) is 17.7 Å². The molecule has 0 radical (unpaired) electrons. The van der Waals surface area contributed by atoms with Crippen molar-refractivity contribution in [2.45, 2.75) is 10.9 Å². The lowest BCUT2D eigenvalue weighted by Gasteiger charge is -2.18. The third kappa shape index (κ3) is 3.59. The number of ether oxygens (including phenoxy) is 1. The predicted molar refractivity (Wildman–Crippen MR) is 114 cm³/mol. The second kappa shape index (κ2) is 7.63. The van der Waals surface area contributed by atoms with Crippen molar-refractivity contribution in [2.75, 3.05) is 17.9 Å². The van der Waals surface area contributed by atoms with Crippen molar-refractivity contribution >= 4 is 43.7 Å². The second-order valence-electron chi connectivity index (χ2n) is 6.60. The molecule has 3 heterocycles. The van der Waals surface area contributed by atoms with Gasteiger partial charge in [-0.25, -0.2) is 23.2 Å². The Kier molecular flexibility index (Phi) is 4.79. The Morgan fingerprint density at radius 3 is 2.71 bits per heavy atom. The summed E-state index contributed by atoms with van der Waals surface area (Å²) in [6.45, 7) is 0.936. The molecule has 0 amide bonds. The molecule has 0 saturated carbocycles. The Balaban J connectivity index is 1.61. The summed E-state index contributed by atoms with van der Waals surface area (Å²) < 4.78 is 43.9. The van der Waals surface area contributed by atoms with Gasteiger partial charge in [-0.3, -0.25) is 9.29 Å². The van der Waals surface area contributed by atoms with Gasteiger partial charge in [0.1, 0.15) is 19.0 Å². The molecule has 1 aliphatic rings. The number of hydrogen-bond donors (Lipinski definition) is 1. The van der Waals surface area contributed by atoms with Gasteiger partial charge in [0.2, 0.25) is 11.0 Å². The van der Waals surface area contributed by atoms with E-state index in [0.717, 1.165) is 17.1 Å². The molecule has 1 aliphatic heterocycles. The second-order valence-corrected chi connectivity index (χ2v) is 9.06. The van der Waals surface area contributed by atoms with Gasteiger partial charge in [0.25, 0.3) is 10.0 Å². The highest BCUT2D eigenvalue weighted by atomic mass is 32.2. The van der Waals surface area contributed by atoms with Gasteiger partial charge < -0.3 is 9.15 Å². The van der Waals surface area contributed by atoms with Crippen LogP contribution >= 0.6 is 11.5 Å². The number of nitrogens with zero attached hydrogens (tertiary/aromatic N) is 4. The normalized spacial score (nSPS) is 14.9. The molecule has 0 spiro atoms. The minimum Gasteiger partial charge on any atom is -0.477 e. The summed E-state index contributed by atoms with van der Waals surface area (Å²) in [6.07, 6.45) is 1.25. The molecule has 31 heavy (non-hydrogen) atoms. The van der Waals surface area contributed by atoms with Gasteiger partial charge in [-0.15, -0.1) is 0 Å². The Hall–Kier alpha value is -3.51. The van der Waals surface area contributed by atoms with Crippen LogP contribution in [-0.4, -0.2) is 41.4 Å². The van der Waals surface area contributed by atoms with E-state index in [0.29, 0.717) is 24.6 Å². The zero-order chi connectivity index (χ0) is 21.4. The van der Waals surface area contributed by atoms with Crippen LogP contribution < -0.4 is 10.5 Å². The maximum atomic E-state index is 12.8. The van der Waals surface area contributed by atoms with E-state index in [4.69, 9.17) is 9.15 Å². The van der Waals surface area contributed by atoms with Gasteiger partial charge in [-0.2, -0.15) is 4.37 Å². The van der Waals surface area contributed by atoms with Crippen LogP contribution in [-0.2, 0) is 14.8 Å².